The van der Waals surface area contributed by atoms with Crippen LogP contribution in [0.4, 0.5) is 5.69 Å². The number of hydrogen-bond donors (Lipinski definition) is 2. The van der Waals surface area contributed by atoms with Gasteiger partial charge in [-0.3, -0.25) is 14.9 Å². The van der Waals surface area contributed by atoms with Crippen molar-refractivity contribution in [3.63, 3.8) is 0 Å². The topological polar surface area (TPSA) is 98.3 Å². The van der Waals surface area contributed by atoms with Crippen LogP contribution in [0.3, 0.4) is 0 Å². The van der Waals surface area contributed by atoms with E-state index in [4.69, 9.17) is 5.73 Å². The smallest absolute Gasteiger partial charge is 0.272 e. The van der Waals surface area contributed by atoms with E-state index in [9.17, 15) is 14.9 Å². The van der Waals surface area contributed by atoms with Gasteiger partial charge >= 0.3 is 0 Å². The zero-order valence-electron chi connectivity index (χ0n) is 11.9. The second-order valence-corrected chi connectivity index (χ2v) is 4.76. The Morgan fingerprint density at radius 3 is 2.75 bits per heavy atom. The lowest BCUT2D eigenvalue weighted by atomic mass is 10.0. The summed E-state index contributed by atoms with van der Waals surface area (Å²) in [5.74, 6) is -0.292. The summed E-state index contributed by atoms with van der Waals surface area (Å²) in [6.07, 6.45) is 1.64. The Labute approximate surface area is 118 Å². The molecule has 1 unspecified atom stereocenters. The Bertz CT molecular complexity index is 489. The van der Waals surface area contributed by atoms with E-state index in [2.05, 4.69) is 5.32 Å². The van der Waals surface area contributed by atoms with Crippen molar-refractivity contribution in [1.29, 1.82) is 0 Å². The molecule has 0 radical (unpaired) electrons. The van der Waals surface area contributed by atoms with Crippen LogP contribution in [0, 0.1) is 23.0 Å². The Kier molecular flexibility index (Phi) is 6.11. The molecule has 0 heterocycles. The summed E-state index contributed by atoms with van der Waals surface area (Å²) in [5.41, 5.74) is 6.97. The molecule has 1 rings (SSSR count). The van der Waals surface area contributed by atoms with Gasteiger partial charge in [-0.25, -0.2) is 0 Å². The largest absolute Gasteiger partial charge is 0.352 e. The fraction of sp³-hybridized carbons (Fsp3) is 0.500. The number of rotatable bonds is 7. The third kappa shape index (κ3) is 4.03. The average molecular weight is 279 g/mol. The Balaban J connectivity index is 2.73. The van der Waals surface area contributed by atoms with Gasteiger partial charge in [-0.2, -0.15) is 0 Å². The molecule has 0 bridgehead atoms. The SMILES string of the molecule is CCCC(CN)C(=O)NCc1cccc([N+](=O)[O-])c1C. The van der Waals surface area contributed by atoms with E-state index in [1.54, 1.807) is 19.1 Å². The molecule has 20 heavy (non-hydrogen) atoms. The number of hydrogen-bond acceptors (Lipinski definition) is 4. The van der Waals surface area contributed by atoms with Crippen molar-refractivity contribution in [2.45, 2.75) is 33.2 Å². The molecule has 0 aliphatic rings. The second kappa shape index (κ2) is 7.59. The molecule has 1 aromatic carbocycles. The minimum Gasteiger partial charge on any atom is -0.352 e. The highest BCUT2D eigenvalue weighted by atomic mass is 16.6. The van der Waals surface area contributed by atoms with Crippen molar-refractivity contribution < 1.29 is 9.72 Å². The lowest BCUT2D eigenvalue weighted by Crippen LogP contribution is -2.34. The fourth-order valence-corrected chi connectivity index (χ4v) is 2.09. The Morgan fingerprint density at radius 1 is 1.50 bits per heavy atom. The van der Waals surface area contributed by atoms with Crippen LogP contribution in [0.1, 0.15) is 30.9 Å². The van der Waals surface area contributed by atoms with Crippen LogP contribution < -0.4 is 11.1 Å². The minimum atomic E-state index is -0.416. The van der Waals surface area contributed by atoms with Gasteiger partial charge in [-0.15, -0.1) is 0 Å². The zero-order chi connectivity index (χ0) is 15.1. The van der Waals surface area contributed by atoms with Gasteiger partial charge < -0.3 is 11.1 Å². The van der Waals surface area contributed by atoms with Gasteiger partial charge in [0.05, 0.1) is 10.8 Å². The number of carbonyl (C=O) groups is 1. The first-order chi connectivity index (χ1) is 9.51. The van der Waals surface area contributed by atoms with Gasteiger partial charge in [0.25, 0.3) is 5.69 Å². The van der Waals surface area contributed by atoms with Gasteiger partial charge in [-0.1, -0.05) is 25.5 Å². The molecule has 0 fully saturated rings. The van der Waals surface area contributed by atoms with Gasteiger partial charge in [0.1, 0.15) is 0 Å². The maximum Gasteiger partial charge on any atom is 0.272 e. The zero-order valence-corrected chi connectivity index (χ0v) is 11.9. The van der Waals surface area contributed by atoms with Gasteiger partial charge in [0, 0.05) is 24.7 Å². The lowest BCUT2D eigenvalue weighted by Gasteiger charge is -2.14. The highest BCUT2D eigenvalue weighted by Gasteiger charge is 2.17. The number of nitrogens with two attached hydrogens (primary N) is 1. The quantitative estimate of drug-likeness (QED) is 0.588. The maximum absolute atomic E-state index is 11.9. The molecule has 1 aromatic rings. The standard InChI is InChI=1S/C14H21N3O3/c1-3-5-11(8-15)14(18)16-9-12-6-4-7-13(10(12)2)17(19)20/h4,6-7,11H,3,5,8-9,15H2,1-2H3,(H,16,18). The predicted octanol–water partition coefficient (Wildman–Crippen LogP) is 1.89. The van der Waals surface area contributed by atoms with E-state index in [1.807, 2.05) is 6.92 Å². The van der Waals surface area contributed by atoms with E-state index in [1.165, 1.54) is 6.07 Å². The van der Waals surface area contributed by atoms with E-state index in [0.29, 0.717) is 12.1 Å². The molecular weight excluding hydrogens is 258 g/mol. The Morgan fingerprint density at radius 2 is 2.20 bits per heavy atom. The van der Waals surface area contributed by atoms with Crippen molar-refractivity contribution in [1.82, 2.24) is 5.32 Å². The highest BCUT2D eigenvalue weighted by Crippen LogP contribution is 2.21. The molecule has 0 saturated heterocycles. The summed E-state index contributed by atoms with van der Waals surface area (Å²) < 4.78 is 0. The van der Waals surface area contributed by atoms with Crippen LogP contribution in [-0.4, -0.2) is 17.4 Å². The second-order valence-electron chi connectivity index (χ2n) is 4.76. The third-order valence-electron chi connectivity index (χ3n) is 3.36. The highest BCUT2D eigenvalue weighted by molar-refractivity contribution is 5.78. The summed E-state index contributed by atoms with van der Waals surface area (Å²) in [6, 6.07) is 4.86. The molecule has 6 nitrogen and oxygen atoms in total. The van der Waals surface area contributed by atoms with Crippen LogP contribution >= 0.6 is 0 Å². The number of nitrogens with one attached hydrogen (secondary N) is 1. The van der Waals surface area contributed by atoms with Crippen molar-refractivity contribution >= 4 is 11.6 Å². The number of nitro benzene ring substituents is 1. The monoisotopic (exact) mass is 279 g/mol. The number of amides is 1. The van der Waals surface area contributed by atoms with E-state index >= 15 is 0 Å². The molecule has 0 saturated carbocycles. The van der Waals surface area contributed by atoms with Gasteiger partial charge in [0.15, 0.2) is 0 Å². The molecule has 0 aromatic heterocycles. The number of benzene rings is 1. The van der Waals surface area contributed by atoms with Crippen LogP contribution in [0.5, 0.6) is 0 Å². The first kappa shape index (κ1) is 16.1. The third-order valence-corrected chi connectivity index (χ3v) is 3.36. The Hall–Kier alpha value is -1.95. The van der Waals surface area contributed by atoms with E-state index < -0.39 is 4.92 Å². The van der Waals surface area contributed by atoms with Crippen molar-refractivity contribution in [3.05, 3.63) is 39.4 Å². The van der Waals surface area contributed by atoms with Crippen molar-refractivity contribution in [2.75, 3.05) is 6.54 Å². The molecule has 6 heteroatoms. The predicted molar refractivity (Wildman–Crippen MR) is 77.1 cm³/mol. The van der Waals surface area contributed by atoms with Crippen LogP contribution in [0.2, 0.25) is 0 Å². The lowest BCUT2D eigenvalue weighted by molar-refractivity contribution is -0.385. The molecule has 0 spiro atoms. The summed E-state index contributed by atoms with van der Waals surface area (Å²) in [7, 11) is 0. The summed E-state index contributed by atoms with van der Waals surface area (Å²) in [4.78, 5) is 22.4. The molecule has 1 amide bonds. The van der Waals surface area contributed by atoms with Crippen molar-refractivity contribution in [3.8, 4) is 0 Å². The number of nitrogens with zero attached hydrogens (tertiary/aromatic N) is 1. The summed E-state index contributed by atoms with van der Waals surface area (Å²) >= 11 is 0. The number of nitro groups is 1. The van der Waals surface area contributed by atoms with Crippen LogP contribution in [0.25, 0.3) is 0 Å². The molecule has 0 aliphatic carbocycles. The molecule has 0 aliphatic heterocycles. The molecule has 3 N–H and O–H groups in total. The molecular formula is C14H21N3O3. The summed E-state index contributed by atoms with van der Waals surface area (Å²) in [5, 5.41) is 13.7. The number of carbonyl (C=O) groups excluding carboxylic acids is 1. The van der Waals surface area contributed by atoms with E-state index in [0.717, 1.165) is 18.4 Å². The van der Waals surface area contributed by atoms with E-state index in [-0.39, 0.29) is 24.1 Å². The molecule has 110 valence electrons. The van der Waals surface area contributed by atoms with Gasteiger partial charge in [0.2, 0.25) is 5.91 Å². The maximum atomic E-state index is 11.9. The normalized spacial score (nSPS) is 11.9. The minimum absolute atomic E-state index is 0.0701. The first-order valence-corrected chi connectivity index (χ1v) is 6.71. The average Bonchev–Trinajstić information content (AvgIpc) is 2.42. The summed E-state index contributed by atoms with van der Waals surface area (Å²) in [6.45, 7) is 4.28. The van der Waals surface area contributed by atoms with Crippen LogP contribution in [0.15, 0.2) is 18.2 Å². The van der Waals surface area contributed by atoms with Crippen LogP contribution in [-0.2, 0) is 11.3 Å². The van der Waals surface area contributed by atoms with Gasteiger partial charge in [-0.05, 0) is 18.9 Å². The fourth-order valence-electron chi connectivity index (χ4n) is 2.09. The molecule has 1 atom stereocenters. The van der Waals surface area contributed by atoms with Crippen molar-refractivity contribution in [2.24, 2.45) is 11.7 Å². The first-order valence-electron chi connectivity index (χ1n) is 6.71.